The van der Waals surface area contributed by atoms with Crippen molar-refractivity contribution in [2.24, 2.45) is 0 Å². The van der Waals surface area contributed by atoms with Gasteiger partial charge in [-0.2, -0.15) is 0 Å². The largest absolute Gasteiger partial charge is 0.466 e. The van der Waals surface area contributed by atoms with Crippen molar-refractivity contribution in [2.45, 2.75) is 40.0 Å². The van der Waals surface area contributed by atoms with Gasteiger partial charge in [0.25, 0.3) is 0 Å². The van der Waals surface area contributed by atoms with E-state index in [0.29, 0.717) is 38.0 Å². The molecule has 0 heterocycles. The molecule has 4 nitrogen and oxygen atoms in total. The van der Waals surface area contributed by atoms with Crippen LogP contribution in [0.25, 0.3) is 0 Å². The maximum Gasteiger partial charge on any atom is 0.333 e. The Morgan fingerprint density at radius 2 is 1.69 bits per heavy atom. The van der Waals surface area contributed by atoms with Gasteiger partial charge in [-0.05, 0) is 33.6 Å². The van der Waals surface area contributed by atoms with Crippen LogP contribution in [0.1, 0.15) is 40.0 Å². The number of ether oxygens (including phenoxy) is 2. The number of carbonyl (C=O) groups excluding carboxylic acids is 2. The van der Waals surface area contributed by atoms with E-state index in [2.05, 4.69) is 0 Å². The molecule has 0 aromatic rings. The summed E-state index contributed by atoms with van der Waals surface area (Å²) in [6, 6.07) is 0. The number of allylic oxidation sites excluding steroid dienone is 1. The summed E-state index contributed by atoms with van der Waals surface area (Å²) >= 11 is 0. The normalized spacial score (nSPS) is 11.1. The maximum atomic E-state index is 11.4. The summed E-state index contributed by atoms with van der Waals surface area (Å²) in [6.45, 7) is 6.09. The first kappa shape index (κ1) is 14.7. The van der Waals surface area contributed by atoms with Crippen LogP contribution in [0.5, 0.6) is 0 Å². The molecule has 0 aliphatic rings. The van der Waals surface area contributed by atoms with E-state index in [-0.39, 0.29) is 11.9 Å². The molecular formula is C12H20O4. The Morgan fingerprint density at radius 1 is 1.06 bits per heavy atom. The molecule has 0 fully saturated rings. The number of esters is 2. The van der Waals surface area contributed by atoms with Crippen molar-refractivity contribution in [1.29, 1.82) is 0 Å². The van der Waals surface area contributed by atoms with Gasteiger partial charge in [0.05, 0.1) is 13.2 Å². The third-order valence-corrected chi connectivity index (χ3v) is 2.02. The third-order valence-electron chi connectivity index (χ3n) is 2.02. The van der Waals surface area contributed by atoms with Crippen LogP contribution in [-0.2, 0) is 19.1 Å². The molecule has 0 aromatic carbocycles. The van der Waals surface area contributed by atoms with Crippen molar-refractivity contribution < 1.29 is 19.1 Å². The van der Waals surface area contributed by atoms with Gasteiger partial charge in [0.2, 0.25) is 0 Å². The van der Waals surface area contributed by atoms with Crippen LogP contribution >= 0.6 is 0 Å². The van der Waals surface area contributed by atoms with E-state index >= 15 is 0 Å². The molecule has 0 radical (unpaired) electrons. The highest BCUT2D eigenvalue weighted by Crippen LogP contribution is 2.10. The lowest BCUT2D eigenvalue weighted by Gasteiger charge is -2.06. The van der Waals surface area contributed by atoms with E-state index in [1.54, 1.807) is 26.8 Å². The molecule has 4 heteroatoms. The first-order valence-electron chi connectivity index (χ1n) is 5.63. The minimum Gasteiger partial charge on any atom is -0.466 e. The summed E-state index contributed by atoms with van der Waals surface area (Å²) in [5.74, 6) is -0.518. The molecule has 0 aromatic heterocycles. The zero-order valence-electron chi connectivity index (χ0n) is 10.2. The highest BCUT2D eigenvalue weighted by Gasteiger charge is 2.10. The molecule has 0 unspecified atom stereocenters. The van der Waals surface area contributed by atoms with Gasteiger partial charge in [-0.15, -0.1) is 0 Å². The molecule has 0 saturated heterocycles. The van der Waals surface area contributed by atoms with Gasteiger partial charge < -0.3 is 9.47 Å². The van der Waals surface area contributed by atoms with Crippen molar-refractivity contribution in [3.05, 3.63) is 11.6 Å². The highest BCUT2D eigenvalue weighted by atomic mass is 16.5. The Labute approximate surface area is 96.6 Å². The van der Waals surface area contributed by atoms with E-state index in [0.717, 1.165) is 0 Å². The molecule has 0 bridgehead atoms. The van der Waals surface area contributed by atoms with Crippen LogP contribution in [0.15, 0.2) is 11.6 Å². The van der Waals surface area contributed by atoms with Gasteiger partial charge in [0.15, 0.2) is 0 Å². The number of carbonyl (C=O) groups is 2. The van der Waals surface area contributed by atoms with Crippen LogP contribution in [0.3, 0.4) is 0 Å². The zero-order chi connectivity index (χ0) is 12.4. The van der Waals surface area contributed by atoms with Crippen LogP contribution in [0.2, 0.25) is 0 Å². The number of hydrogen-bond acceptors (Lipinski definition) is 4. The van der Waals surface area contributed by atoms with E-state index in [1.165, 1.54) is 0 Å². The maximum absolute atomic E-state index is 11.4. The van der Waals surface area contributed by atoms with E-state index in [1.807, 2.05) is 0 Å². The molecule has 16 heavy (non-hydrogen) atoms. The summed E-state index contributed by atoms with van der Waals surface area (Å²) in [5, 5.41) is 0. The van der Waals surface area contributed by atoms with E-state index in [9.17, 15) is 9.59 Å². The summed E-state index contributed by atoms with van der Waals surface area (Å²) in [6.07, 6.45) is 3.22. The van der Waals surface area contributed by atoms with Crippen molar-refractivity contribution >= 4 is 11.9 Å². The molecule has 0 aliphatic carbocycles. The standard InChI is InChI=1S/C12H20O4/c1-4-10(12(14)16-6-3)8-7-9-11(13)15-5-2/h4H,5-9H2,1-3H3/b10-4-. The van der Waals surface area contributed by atoms with Gasteiger partial charge in [0.1, 0.15) is 0 Å². The molecule has 0 N–H and O–H groups in total. The third kappa shape index (κ3) is 6.22. The van der Waals surface area contributed by atoms with Gasteiger partial charge >= 0.3 is 11.9 Å². The molecular weight excluding hydrogens is 208 g/mol. The lowest BCUT2D eigenvalue weighted by molar-refractivity contribution is -0.143. The smallest absolute Gasteiger partial charge is 0.333 e. The van der Waals surface area contributed by atoms with E-state index in [4.69, 9.17) is 9.47 Å². The van der Waals surface area contributed by atoms with Crippen LogP contribution in [-0.4, -0.2) is 25.2 Å². The Bertz CT molecular complexity index is 256. The minimum atomic E-state index is -0.297. The summed E-state index contributed by atoms with van der Waals surface area (Å²) < 4.78 is 9.67. The quantitative estimate of drug-likeness (QED) is 0.495. The molecule has 0 aliphatic heterocycles. The predicted octanol–water partition coefficient (Wildman–Crippen LogP) is 2.23. The number of hydrogen-bond donors (Lipinski definition) is 0. The zero-order valence-corrected chi connectivity index (χ0v) is 10.2. The fraction of sp³-hybridized carbons (Fsp3) is 0.667. The average Bonchev–Trinajstić information content (AvgIpc) is 2.25. The van der Waals surface area contributed by atoms with Gasteiger partial charge in [-0.3, -0.25) is 4.79 Å². The molecule has 0 amide bonds. The van der Waals surface area contributed by atoms with E-state index < -0.39 is 0 Å². The monoisotopic (exact) mass is 228 g/mol. The predicted molar refractivity (Wildman–Crippen MR) is 60.9 cm³/mol. The molecule has 0 rings (SSSR count). The molecule has 0 spiro atoms. The van der Waals surface area contributed by atoms with Gasteiger partial charge in [0, 0.05) is 12.0 Å². The Kier molecular flexibility index (Phi) is 8.21. The Hall–Kier alpha value is -1.32. The lowest BCUT2D eigenvalue weighted by atomic mass is 10.1. The minimum absolute atomic E-state index is 0.221. The fourth-order valence-corrected chi connectivity index (χ4v) is 1.24. The highest BCUT2D eigenvalue weighted by molar-refractivity contribution is 5.88. The van der Waals surface area contributed by atoms with Crippen LogP contribution in [0, 0.1) is 0 Å². The van der Waals surface area contributed by atoms with Crippen molar-refractivity contribution in [2.75, 3.05) is 13.2 Å². The SMILES string of the molecule is C/C=C(/CCCC(=O)OCC)C(=O)OCC. The van der Waals surface area contributed by atoms with Gasteiger partial charge in [-0.25, -0.2) is 4.79 Å². The second kappa shape index (κ2) is 8.95. The van der Waals surface area contributed by atoms with Crippen LogP contribution < -0.4 is 0 Å². The van der Waals surface area contributed by atoms with Crippen LogP contribution in [0.4, 0.5) is 0 Å². The average molecular weight is 228 g/mol. The first-order valence-corrected chi connectivity index (χ1v) is 5.63. The second-order valence-corrected chi connectivity index (χ2v) is 3.19. The summed E-state index contributed by atoms with van der Waals surface area (Å²) in [4.78, 5) is 22.4. The first-order chi connectivity index (χ1) is 7.65. The van der Waals surface area contributed by atoms with Crippen molar-refractivity contribution in [3.63, 3.8) is 0 Å². The van der Waals surface area contributed by atoms with Crippen molar-refractivity contribution in [3.8, 4) is 0 Å². The summed E-state index contributed by atoms with van der Waals surface area (Å²) in [5.41, 5.74) is 0.617. The number of rotatable bonds is 7. The lowest BCUT2D eigenvalue weighted by Crippen LogP contribution is -2.09. The van der Waals surface area contributed by atoms with Gasteiger partial charge in [-0.1, -0.05) is 6.08 Å². The topological polar surface area (TPSA) is 52.6 Å². The molecule has 0 saturated carbocycles. The second-order valence-electron chi connectivity index (χ2n) is 3.19. The molecule has 92 valence electrons. The van der Waals surface area contributed by atoms with Crippen molar-refractivity contribution in [1.82, 2.24) is 0 Å². The Balaban J connectivity index is 3.89. The fourth-order valence-electron chi connectivity index (χ4n) is 1.24. The Morgan fingerprint density at radius 3 is 2.19 bits per heavy atom. The summed E-state index contributed by atoms with van der Waals surface area (Å²) in [7, 11) is 0. The molecule has 0 atom stereocenters.